The first kappa shape index (κ1) is 22.7. The standard InChI is InChI=1S/C16H32N2O3S.ClH/c1-5-18(14(4)12-22(20,21)6-2)16(19)10-13(3)15-8-7-9-17-11-15;/h13-15,17H,5-12H2,1-4H3;1H. The molecule has 1 N–H and O–H groups in total. The van der Waals surface area contributed by atoms with Crippen molar-refractivity contribution in [3.63, 3.8) is 0 Å². The van der Waals surface area contributed by atoms with Crippen molar-refractivity contribution >= 4 is 28.2 Å². The van der Waals surface area contributed by atoms with Gasteiger partial charge in [-0.05, 0) is 51.6 Å². The van der Waals surface area contributed by atoms with Crippen LogP contribution in [0.3, 0.4) is 0 Å². The van der Waals surface area contributed by atoms with Crippen molar-refractivity contribution < 1.29 is 13.2 Å². The second-order valence-electron chi connectivity index (χ2n) is 6.52. The second kappa shape index (κ2) is 10.5. The molecule has 1 aliphatic heterocycles. The van der Waals surface area contributed by atoms with Crippen molar-refractivity contribution in [3.8, 4) is 0 Å². The summed E-state index contributed by atoms with van der Waals surface area (Å²) in [5.74, 6) is 1.16. The molecule has 0 spiro atoms. The first-order chi connectivity index (χ1) is 10.3. The Balaban J connectivity index is 0.00000484. The minimum absolute atomic E-state index is 0. The Morgan fingerprint density at radius 3 is 2.43 bits per heavy atom. The van der Waals surface area contributed by atoms with Gasteiger partial charge in [0.2, 0.25) is 5.91 Å². The monoisotopic (exact) mass is 368 g/mol. The molecule has 1 heterocycles. The van der Waals surface area contributed by atoms with E-state index in [9.17, 15) is 13.2 Å². The maximum Gasteiger partial charge on any atom is 0.223 e. The molecule has 3 atom stereocenters. The number of halogens is 1. The number of nitrogens with zero attached hydrogens (tertiary/aromatic N) is 1. The number of hydrogen-bond acceptors (Lipinski definition) is 4. The average Bonchev–Trinajstić information content (AvgIpc) is 2.48. The molecule has 138 valence electrons. The number of nitrogens with one attached hydrogen (secondary N) is 1. The summed E-state index contributed by atoms with van der Waals surface area (Å²) in [6, 6.07) is -0.251. The topological polar surface area (TPSA) is 66.5 Å². The normalized spacial score (nSPS) is 21.1. The lowest BCUT2D eigenvalue weighted by Crippen LogP contribution is -2.44. The van der Waals surface area contributed by atoms with Crippen LogP contribution in [0, 0.1) is 11.8 Å². The highest BCUT2D eigenvalue weighted by Crippen LogP contribution is 2.23. The summed E-state index contributed by atoms with van der Waals surface area (Å²) in [4.78, 5) is 14.3. The molecule has 0 radical (unpaired) electrons. The van der Waals surface area contributed by atoms with E-state index in [2.05, 4.69) is 12.2 Å². The van der Waals surface area contributed by atoms with Crippen molar-refractivity contribution in [2.45, 2.75) is 53.0 Å². The van der Waals surface area contributed by atoms with Crippen LogP contribution in [-0.4, -0.2) is 56.4 Å². The Labute approximate surface area is 147 Å². The Kier molecular flexibility index (Phi) is 10.4. The first-order valence-corrected chi connectivity index (χ1v) is 10.3. The summed E-state index contributed by atoms with van der Waals surface area (Å²) in [5.41, 5.74) is 0. The molecule has 0 bridgehead atoms. The molecule has 1 fully saturated rings. The van der Waals surface area contributed by atoms with Gasteiger partial charge < -0.3 is 10.2 Å². The average molecular weight is 369 g/mol. The molecule has 1 saturated heterocycles. The maximum atomic E-state index is 12.6. The zero-order valence-corrected chi connectivity index (χ0v) is 16.5. The van der Waals surface area contributed by atoms with Crippen molar-refractivity contribution in [3.05, 3.63) is 0 Å². The van der Waals surface area contributed by atoms with Gasteiger partial charge in [0, 0.05) is 24.8 Å². The van der Waals surface area contributed by atoms with Crippen LogP contribution in [0.4, 0.5) is 0 Å². The minimum atomic E-state index is -3.06. The number of rotatable bonds is 8. The van der Waals surface area contributed by atoms with Crippen LogP contribution in [0.1, 0.15) is 47.0 Å². The van der Waals surface area contributed by atoms with Gasteiger partial charge in [-0.1, -0.05) is 13.8 Å². The van der Waals surface area contributed by atoms with E-state index in [-0.39, 0.29) is 35.9 Å². The van der Waals surface area contributed by atoms with Crippen molar-refractivity contribution in [1.29, 1.82) is 0 Å². The predicted octanol–water partition coefficient (Wildman–Crippen LogP) is 2.11. The molecular weight excluding hydrogens is 336 g/mol. The fraction of sp³-hybridized carbons (Fsp3) is 0.938. The molecule has 3 unspecified atom stereocenters. The van der Waals surface area contributed by atoms with Gasteiger partial charge in [-0.2, -0.15) is 0 Å². The fourth-order valence-electron chi connectivity index (χ4n) is 3.23. The fourth-order valence-corrected chi connectivity index (χ4v) is 4.38. The van der Waals surface area contributed by atoms with E-state index in [0.717, 1.165) is 13.1 Å². The molecule has 1 amide bonds. The quantitative estimate of drug-likeness (QED) is 0.712. The summed E-state index contributed by atoms with van der Waals surface area (Å²) >= 11 is 0. The molecule has 0 aromatic carbocycles. The van der Waals surface area contributed by atoms with E-state index in [1.54, 1.807) is 11.8 Å². The van der Waals surface area contributed by atoms with Crippen LogP contribution in [0.2, 0.25) is 0 Å². The molecular formula is C16H33ClN2O3S. The third-order valence-corrected chi connectivity index (χ3v) is 6.63. The van der Waals surface area contributed by atoms with Crippen molar-refractivity contribution in [2.24, 2.45) is 11.8 Å². The van der Waals surface area contributed by atoms with Crippen LogP contribution in [-0.2, 0) is 14.6 Å². The maximum absolute atomic E-state index is 12.6. The lowest BCUT2D eigenvalue weighted by molar-refractivity contribution is -0.133. The molecule has 23 heavy (non-hydrogen) atoms. The summed E-state index contributed by atoms with van der Waals surface area (Å²) < 4.78 is 23.6. The van der Waals surface area contributed by atoms with E-state index < -0.39 is 9.84 Å². The van der Waals surface area contributed by atoms with Gasteiger partial charge in [0.25, 0.3) is 0 Å². The lowest BCUT2D eigenvalue weighted by atomic mass is 9.85. The molecule has 0 aliphatic carbocycles. The summed E-state index contributed by atoms with van der Waals surface area (Å²) in [7, 11) is -3.06. The van der Waals surface area contributed by atoms with Gasteiger partial charge in [0.15, 0.2) is 9.84 Å². The van der Waals surface area contributed by atoms with Crippen molar-refractivity contribution in [1.82, 2.24) is 10.2 Å². The van der Waals surface area contributed by atoms with Crippen LogP contribution >= 0.6 is 12.4 Å². The SMILES string of the molecule is CCN(C(=O)CC(C)C1CCCNC1)C(C)CS(=O)(=O)CC.Cl. The van der Waals surface area contributed by atoms with Gasteiger partial charge in [0.1, 0.15) is 0 Å². The summed E-state index contributed by atoms with van der Waals surface area (Å²) in [6.45, 7) is 10.2. The molecule has 7 heteroatoms. The number of carbonyl (C=O) groups excluding carboxylic acids is 1. The Morgan fingerprint density at radius 1 is 1.30 bits per heavy atom. The van der Waals surface area contributed by atoms with Gasteiger partial charge in [-0.25, -0.2) is 8.42 Å². The van der Waals surface area contributed by atoms with E-state index in [0.29, 0.717) is 24.8 Å². The molecule has 1 aliphatic rings. The highest BCUT2D eigenvalue weighted by Gasteiger charge is 2.27. The third-order valence-electron chi connectivity index (χ3n) is 4.76. The smallest absolute Gasteiger partial charge is 0.223 e. The molecule has 0 saturated carbocycles. The lowest BCUT2D eigenvalue weighted by Gasteiger charge is -2.32. The number of sulfone groups is 1. The van der Waals surface area contributed by atoms with Crippen LogP contribution < -0.4 is 5.32 Å². The molecule has 5 nitrogen and oxygen atoms in total. The van der Waals surface area contributed by atoms with E-state index >= 15 is 0 Å². The summed E-state index contributed by atoms with van der Waals surface area (Å²) in [5, 5.41) is 3.39. The van der Waals surface area contributed by atoms with Crippen LogP contribution in [0.25, 0.3) is 0 Å². The zero-order chi connectivity index (χ0) is 16.8. The number of carbonyl (C=O) groups is 1. The summed E-state index contributed by atoms with van der Waals surface area (Å²) in [6.07, 6.45) is 2.86. The van der Waals surface area contributed by atoms with E-state index in [1.165, 1.54) is 12.8 Å². The number of piperidine rings is 1. The van der Waals surface area contributed by atoms with E-state index in [4.69, 9.17) is 0 Å². The Hall–Kier alpha value is -0.330. The Morgan fingerprint density at radius 2 is 1.96 bits per heavy atom. The number of amides is 1. The zero-order valence-electron chi connectivity index (χ0n) is 14.9. The molecule has 1 rings (SSSR count). The molecule has 0 aromatic heterocycles. The largest absolute Gasteiger partial charge is 0.339 e. The van der Waals surface area contributed by atoms with Gasteiger partial charge in [0.05, 0.1) is 5.75 Å². The van der Waals surface area contributed by atoms with Crippen LogP contribution in [0.15, 0.2) is 0 Å². The second-order valence-corrected chi connectivity index (χ2v) is 8.91. The van der Waals surface area contributed by atoms with Gasteiger partial charge >= 0.3 is 0 Å². The van der Waals surface area contributed by atoms with E-state index in [1.807, 2.05) is 13.8 Å². The van der Waals surface area contributed by atoms with Gasteiger partial charge in [-0.15, -0.1) is 12.4 Å². The number of hydrogen-bond donors (Lipinski definition) is 1. The van der Waals surface area contributed by atoms with Crippen LogP contribution in [0.5, 0.6) is 0 Å². The molecule has 0 aromatic rings. The predicted molar refractivity (Wildman–Crippen MR) is 97.8 cm³/mol. The first-order valence-electron chi connectivity index (χ1n) is 8.51. The van der Waals surface area contributed by atoms with Crippen molar-refractivity contribution in [2.75, 3.05) is 31.1 Å². The Bertz CT molecular complexity index is 450. The van der Waals surface area contributed by atoms with Gasteiger partial charge in [-0.3, -0.25) is 4.79 Å². The minimum Gasteiger partial charge on any atom is -0.339 e. The third kappa shape index (κ3) is 7.40. The highest BCUT2D eigenvalue weighted by molar-refractivity contribution is 7.91. The highest BCUT2D eigenvalue weighted by atomic mass is 35.5.